The van der Waals surface area contributed by atoms with Crippen LogP contribution in [0, 0.1) is 0 Å². The molecule has 40 heavy (non-hydrogen) atoms. The first-order chi connectivity index (χ1) is 19.2. The molecule has 0 saturated heterocycles. The van der Waals surface area contributed by atoms with E-state index in [4.69, 9.17) is 16.7 Å². The van der Waals surface area contributed by atoms with Crippen LogP contribution in [0.5, 0.6) is 0 Å². The highest BCUT2D eigenvalue weighted by atomic mass is 35.5. The van der Waals surface area contributed by atoms with E-state index < -0.39 is 18.0 Å². The Morgan fingerprint density at radius 3 is 2.55 bits per heavy atom. The number of carbonyl (C=O) groups excluding carboxylic acids is 2. The molecule has 4 aromatic rings. The van der Waals surface area contributed by atoms with Gasteiger partial charge < -0.3 is 15.3 Å². The van der Waals surface area contributed by atoms with E-state index in [1.165, 1.54) is 28.2 Å². The molecule has 2 heterocycles. The van der Waals surface area contributed by atoms with Crippen LogP contribution < -0.4 is 10.6 Å². The zero-order chi connectivity index (χ0) is 28.6. The first-order valence-electron chi connectivity index (χ1n) is 11.8. The number of hydrogen-bond acceptors (Lipinski definition) is 8. The Morgan fingerprint density at radius 2 is 1.88 bits per heavy atom. The summed E-state index contributed by atoms with van der Waals surface area (Å²) < 4.78 is 1.45. The first kappa shape index (κ1) is 27.9. The van der Waals surface area contributed by atoms with E-state index in [9.17, 15) is 14.4 Å². The molecule has 1 unspecified atom stereocenters. The van der Waals surface area contributed by atoms with E-state index in [-0.39, 0.29) is 12.3 Å². The van der Waals surface area contributed by atoms with Crippen molar-refractivity contribution in [3.63, 3.8) is 0 Å². The minimum atomic E-state index is -1.17. The summed E-state index contributed by atoms with van der Waals surface area (Å²) in [6.45, 7) is 0. The van der Waals surface area contributed by atoms with Crippen molar-refractivity contribution in [2.45, 2.75) is 12.5 Å². The predicted molar refractivity (Wildman–Crippen MR) is 147 cm³/mol. The molecule has 0 spiro atoms. The van der Waals surface area contributed by atoms with Gasteiger partial charge in [0.2, 0.25) is 11.8 Å². The lowest BCUT2D eigenvalue weighted by atomic mass is 10.0. The molecule has 0 aliphatic heterocycles. The Balaban J connectivity index is 1.58. The van der Waals surface area contributed by atoms with Crippen LogP contribution in [0.3, 0.4) is 0 Å². The molecule has 3 amide bonds. The largest absolute Gasteiger partial charge is 0.465 e. The van der Waals surface area contributed by atoms with Crippen molar-refractivity contribution in [1.29, 1.82) is 0 Å². The standard InChI is InChI=1S/C26H24ClN9O4/c1-35(2)25(38)13-21(18-12-22(32-28-14-18)16-3-7-20(8-4-16)30-26(39)40)31-24(37)10-5-17-11-19(27)6-9-23(17)36-15-29-33-34-36/h3-12,14-15,21,30H,13H2,1-2H3,(H,31,37)(H,39,40). The normalized spacial score (nSPS) is 11.7. The van der Waals surface area contributed by atoms with Crippen LogP contribution in [0.15, 0.2) is 67.1 Å². The SMILES string of the molecule is CN(C)C(=O)CC(NC(=O)C=Cc1cc(Cl)ccc1-n1cnnn1)c1cnnc(-c2ccc(NC(=O)O)cc2)c1. The summed E-state index contributed by atoms with van der Waals surface area (Å²) in [6.07, 6.45) is 4.62. The van der Waals surface area contributed by atoms with E-state index >= 15 is 0 Å². The number of aromatic nitrogens is 6. The van der Waals surface area contributed by atoms with Crippen LogP contribution in [0.25, 0.3) is 23.0 Å². The summed E-state index contributed by atoms with van der Waals surface area (Å²) in [4.78, 5) is 37.9. The topological polar surface area (TPSA) is 168 Å². The van der Waals surface area contributed by atoms with Gasteiger partial charge in [-0.05, 0) is 58.5 Å². The highest BCUT2D eigenvalue weighted by Crippen LogP contribution is 2.25. The molecule has 13 nitrogen and oxygen atoms in total. The molecule has 1 atom stereocenters. The van der Waals surface area contributed by atoms with Crippen molar-refractivity contribution in [3.05, 3.63) is 83.3 Å². The van der Waals surface area contributed by atoms with Crippen molar-refractivity contribution < 1.29 is 19.5 Å². The van der Waals surface area contributed by atoms with Crippen LogP contribution in [0.2, 0.25) is 5.02 Å². The van der Waals surface area contributed by atoms with Gasteiger partial charge >= 0.3 is 6.09 Å². The van der Waals surface area contributed by atoms with Gasteiger partial charge in [0.15, 0.2) is 0 Å². The van der Waals surface area contributed by atoms with Crippen LogP contribution in [-0.2, 0) is 9.59 Å². The predicted octanol–water partition coefficient (Wildman–Crippen LogP) is 3.21. The van der Waals surface area contributed by atoms with Crippen molar-refractivity contribution in [2.24, 2.45) is 0 Å². The molecule has 2 aromatic carbocycles. The fourth-order valence-corrected chi connectivity index (χ4v) is 3.88. The van der Waals surface area contributed by atoms with Gasteiger partial charge in [-0.3, -0.25) is 14.9 Å². The fourth-order valence-electron chi connectivity index (χ4n) is 3.70. The first-order valence-corrected chi connectivity index (χ1v) is 12.2. The number of tetrazole rings is 1. The van der Waals surface area contributed by atoms with Crippen molar-refractivity contribution >= 4 is 41.3 Å². The van der Waals surface area contributed by atoms with Crippen molar-refractivity contribution in [3.8, 4) is 16.9 Å². The summed E-state index contributed by atoms with van der Waals surface area (Å²) >= 11 is 6.16. The maximum absolute atomic E-state index is 13.0. The Hall–Kier alpha value is -5.17. The Kier molecular flexibility index (Phi) is 8.76. The van der Waals surface area contributed by atoms with E-state index in [0.29, 0.717) is 38.8 Å². The molecule has 0 radical (unpaired) electrons. The van der Waals surface area contributed by atoms with Crippen LogP contribution in [-0.4, -0.2) is 72.4 Å². The average molecular weight is 562 g/mol. The van der Waals surface area contributed by atoms with Gasteiger partial charge in [0, 0.05) is 42.0 Å². The number of hydrogen-bond donors (Lipinski definition) is 3. The number of carbonyl (C=O) groups is 3. The number of rotatable bonds is 9. The average Bonchev–Trinajstić information content (AvgIpc) is 3.46. The molecule has 0 aliphatic carbocycles. The molecular formula is C26H24ClN9O4. The van der Waals surface area contributed by atoms with Crippen molar-refractivity contribution in [2.75, 3.05) is 19.4 Å². The monoisotopic (exact) mass is 561 g/mol. The Labute approximate surface area is 233 Å². The summed E-state index contributed by atoms with van der Waals surface area (Å²) in [5.41, 5.74) is 3.33. The molecular weight excluding hydrogens is 538 g/mol. The lowest BCUT2D eigenvalue weighted by Crippen LogP contribution is -2.32. The number of carboxylic acid groups (broad SMARTS) is 1. The molecule has 0 bridgehead atoms. The van der Waals surface area contributed by atoms with E-state index in [1.807, 2.05) is 0 Å². The summed E-state index contributed by atoms with van der Waals surface area (Å²) in [5.74, 6) is -0.658. The summed E-state index contributed by atoms with van der Waals surface area (Å²) in [5, 5.41) is 33.9. The van der Waals surface area contributed by atoms with Crippen LogP contribution in [0.1, 0.15) is 23.6 Å². The minimum absolute atomic E-state index is 0.0216. The second-order valence-corrected chi connectivity index (χ2v) is 9.16. The highest BCUT2D eigenvalue weighted by Gasteiger charge is 2.20. The zero-order valence-electron chi connectivity index (χ0n) is 21.4. The number of anilines is 1. The Bertz CT molecular complexity index is 1540. The lowest BCUT2D eigenvalue weighted by molar-refractivity contribution is -0.129. The van der Waals surface area contributed by atoms with Gasteiger partial charge in [0.1, 0.15) is 6.33 Å². The minimum Gasteiger partial charge on any atom is -0.465 e. The summed E-state index contributed by atoms with van der Waals surface area (Å²) in [6, 6.07) is 12.6. The number of nitrogens with zero attached hydrogens (tertiary/aromatic N) is 7. The summed E-state index contributed by atoms with van der Waals surface area (Å²) in [7, 11) is 3.26. The smallest absolute Gasteiger partial charge is 0.409 e. The van der Waals surface area contributed by atoms with E-state index in [2.05, 4.69) is 36.4 Å². The molecule has 204 valence electrons. The molecule has 4 rings (SSSR count). The van der Waals surface area contributed by atoms with Gasteiger partial charge in [-0.2, -0.15) is 14.9 Å². The highest BCUT2D eigenvalue weighted by molar-refractivity contribution is 6.30. The third kappa shape index (κ3) is 7.23. The second kappa shape index (κ2) is 12.6. The second-order valence-electron chi connectivity index (χ2n) is 8.73. The molecule has 2 aromatic heterocycles. The Morgan fingerprint density at radius 1 is 1.10 bits per heavy atom. The number of nitrogens with one attached hydrogen (secondary N) is 2. The fraction of sp³-hybridized carbons (Fsp3) is 0.154. The third-order valence-corrected chi connectivity index (χ3v) is 5.94. The van der Waals surface area contributed by atoms with Gasteiger partial charge in [-0.15, -0.1) is 5.10 Å². The molecule has 14 heteroatoms. The van der Waals surface area contributed by atoms with Gasteiger partial charge in [0.05, 0.1) is 30.0 Å². The molecule has 0 aliphatic rings. The quantitative estimate of drug-likeness (QED) is 0.260. The van der Waals surface area contributed by atoms with Crippen molar-refractivity contribution in [1.82, 2.24) is 40.6 Å². The van der Waals surface area contributed by atoms with E-state index in [1.54, 1.807) is 68.7 Å². The third-order valence-electron chi connectivity index (χ3n) is 5.70. The maximum Gasteiger partial charge on any atom is 0.409 e. The van der Waals surface area contributed by atoms with Crippen LogP contribution in [0.4, 0.5) is 10.5 Å². The maximum atomic E-state index is 13.0. The lowest BCUT2D eigenvalue weighted by Gasteiger charge is -2.20. The van der Waals surface area contributed by atoms with Gasteiger partial charge in [-0.1, -0.05) is 23.7 Å². The number of amides is 3. The molecule has 0 fully saturated rings. The molecule has 0 saturated carbocycles. The number of halogens is 1. The zero-order valence-corrected chi connectivity index (χ0v) is 22.1. The van der Waals surface area contributed by atoms with Crippen LogP contribution >= 0.6 is 11.6 Å². The van der Waals surface area contributed by atoms with Gasteiger partial charge in [-0.25, -0.2) is 4.79 Å². The van der Waals surface area contributed by atoms with Gasteiger partial charge in [0.25, 0.3) is 0 Å². The van der Waals surface area contributed by atoms with E-state index in [0.717, 1.165) is 0 Å². The molecule has 3 N–H and O–H groups in total. The number of benzene rings is 2.